The number of piperidine rings is 1. The van der Waals surface area contributed by atoms with Crippen LogP contribution in [-0.4, -0.2) is 73.9 Å². The van der Waals surface area contributed by atoms with Crippen LogP contribution in [0.25, 0.3) is 0 Å². The highest BCUT2D eigenvalue weighted by Gasteiger charge is 2.26. The topological polar surface area (TPSA) is 88.3 Å². The number of nitrogens with zero attached hydrogens (tertiary/aromatic N) is 6. The zero-order chi connectivity index (χ0) is 18.8. The lowest BCUT2D eigenvalue weighted by Crippen LogP contribution is -2.47. The van der Waals surface area contributed by atoms with E-state index in [1.807, 2.05) is 45.7 Å². The Kier molecular flexibility index (Phi) is 4.93. The summed E-state index contributed by atoms with van der Waals surface area (Å²) in [6.45, 7) is 4.00. The summed E-state index contributed by atoms with van der Waals surface area (Å²) in [5.74, 6) is 0.146. The average molecular weight is 371 g/mol. The van der Waals surface area contributed by atoms with Crippen LogP contribution in [-0.2, 0) is 18.4 Å². The lowest BCUT2D eigenvalue weighted by Gasteiger charge is -2.31. The molecule has 9 heteroatoms. The van der Waals surface area contributed by atoms with Gasteiger partial charge in [0.1, 0.15) is 5.69 Å². The summed E-state index contributed by atoms with van der Waals surface area (Å²) in [5, 5.41) is 11.4. The molecule has 2 aromatic rings. The van der Waals surface area contributed by atoms with Crippen molar-refractivity contribution >= 4 is 11.8 Å². The molecule has 0 spiro atoms. The first-order valence-corrected chi connectivity index (χ1v) is 9.40. The second kappa shape index (κ2) is 7.51. The Labute approximate surface area is 157 Å². The predicted molar refractivity (Wildman–Crippen MR) is 97.9 cm³/mol. The van der Waals surface area contributed by atoms with Gasteiger partial charge in [0.2, 0.25) is 5.91 Å². The van der Waals surface area contributed by atoms with Crippen LogP contribution in [0.4, 0.5) is 0 Å². The molecule has 2 fully saturated rings. The smallest absolute Gasteiger partial charge is 0.270 e. The molecule has 4 rings (SSSR count). The maximum atomic E-state index is 12.6. The fourth-order valence-corrected chi connectivity index (χ4v) is 3.80. The zero-order valence-electron chi connectivity index (χ0n) is 15.5. The van der Waals surface area contributed by atoms with Gasteiger partial charge < -0.3 is 14.8 Å². The van der Waals surface area contributed by atoms with E-state index in [9.17, 15) is 9.59 Å². The van der Waals surface area contributed by atoms with E-state index >= 15 is 0 Å². The highest BCUT2D eigenvalue weighted by atomic mass is 16.2. The summed E-state index contributed by atoms with van der Waals surface area (Å²) in [6, 6.07) is 4.01. The van der Waals surface area contributed by atoms with E-state index in [-0.39, 0.29) is 17.9 Å². The second-order valence-electron chi connectivity index (χ2n) is 7.28. The molecule has 0 aromatic carbocycles. The molecule has 9 nitrogen and oxygen atoms in total. The predicted octanol–water partition coefficient (Wildman–Crippen LogP) is 0.0257. The third kappa shape index (κ3) is 3.87. The van der Waals surface area contributed by atoms with E-state index < -0.39 is 0 Å². The molecule has 0 unspecified atom stereocenters. The molecule has 0 radical (unpaired) electrons. The lowest BCUT2D eigenvalue weighted by atomic mass is 10.0. The van der Waals surface area contributed by atoms with E-state index in [4.69, 9.17) is 0 Å². The number of nitrogens with one attached hydrogen (secondary N) is 1. The van der Waals surface area contributed by atoms with Crippen molar-refractivity contribution in [2.75, 3.05) is 32.7 Å². The van der Waals surface area contributed by atoms with E-state index in [2.05, 4.69) is 20.5 Å². The van der Waals surface area contributed by atoms with Crippen molar-refractivity contribution in [2.45, 2.75) is 25.4 Å². The van der Waals surface area contributed by atoms with Gasteiger partial charge in [0.25, 0.3) is 5.91 Å². The number of rotatable bonds is 4. The van der Waals surface area contributed by atoms with Crippen LogP contribution in [0.5, 0.6) is 0 Å². The number of hydrogen-bond donors (Lipinski definition) is 1. The van der Waals surface area contributed by atoms with Crippen LogP contribution in [0.2, 0.25) is 0 Å². The lowest BCUT2D eigenvalue weighted by molar-refractivity contribution is -0.124. The average Bonchev–Trinajstić information content (AvgIpc) is 3.30. The number of likely N-dealkylation sites (tertiary alicyclic amines) is 1. The summed E-state index contributed by atoms with van der Waals surface area (Å²) in [4.78, 5) is 28.1. The van der Waals surface area contributed by atoms with Crippen LogP contribution in [0.1, 0.15) is 35.1 Å². The largest absolute Gasteiger partial charge is 0.354 e. The first-order chi connectivity index (χ1) is 13.1. The molecule has 27 heavy (non-hydrogen) atoms. The normalized spacial score (nSPS) is 19.3. The number of aryl methyl sites for hydroxylation is 1. The molecule has 4 heterocycles. The van der Waals surface area contributed by atoms with Crippen LogP contribution in [0, 0.1) is 0 Å². The Morgan fingerprint density at radius 2 is 2.11 bits per heavy atom. The Bertz CT molecular complexity index is 819. The molecule has 144 valence electrons. The van der Waals surface area contributed by atoms with Gasteiger partial charge in [0.05, 0.1) is 24.5 Å². The highest BCUT2D eigenvalue weighted by Crippen LogP contribution is 2.23. The monoisotopic (exact) mass is 371 g/mol. The van der Waals surface area contributed by atoms with Crippen molar-refractivity contribution in [1.29, 1.82) is 0 Å². The minimum Gasteiger partial charge on any atom is -0.354 e. The van der Waals surface area contributed by atoms with E-state index in [1.165, 1.54) is 0 Å². The van der Waals surface area contributed by atoms with Crippen molar-refractivity contribution in [1.82, 2.24) is 34.7 Å². The van der Waals surface area contributed by atoms with Gasteiger partial charge in [0.15, 0.2) is 0 Å². The minimum atomic E-state index is 0.0592. The molecule has 0 atom stereocenters. The molecule has 0 aliphatic carbocycles. The Hall–Kier alpha value is -2.68. The summed E-state index contributed by atoms with van der Waals surface area (Å²) in [6.07, 6.45) is 5.60. The van der Waals surface area contributed by atoms with Crippen molar-refractivity contribution in [3.63, 3.8) is 0 Å². The second-order valence-corrected chi connectivity index (χ2v) is 7.28. The Morgan fingerprint density at radius 1 is 1.30 bits per heavy atom. The molecular weight excluding hydrogens is 346 g/mol. The Balaban J connectivity index is 1.32. The van der Waals surface area contributed by atoms with Gasteiger partial charge in [-0.05, 0) is 25.0 Å². The molecule has 0 saturated carbocycles. The molecule has 2 amide bonds. The maximum Gasteiger partial charge on any atom is 0.270 e. The minimum absolute atomic E-state index is 0.0592. The number of amides is 2. The van der Waals surface area contributed by atoms with Gasteiger partial charge in [-0.3, -0.25) is 14.5 Å². The number of piperazine rings is 1. The van der Waals surface area contributed by atoms with Crippen LogP contribution >= 0.6 is 0 Å². The summed E-state index contributed by atoms with van der Waals surface area (Å²) in [7, 11) is 1.89. The van der Waals surface area contributed by atoms with Crippen molar-refractivity contribution in [3.05, 3.63) is 35.9 Å². The van der Waals surface area contributed by atoms with Gasteiger partial charge in [0, 0.05) is 46.0 Å². The molecule has 2 aliphatic heterocycles. The standard InChI is InChI=1S/C18H25N7O2/c1-22-7-2-3-16(22)18(27)24-8-4-15(5-9-24)25-12-14(20-21-25)11-23-10-6-19-17(26)13-23/h2-3,7,12,15H,4-6,8-11,13H2,1H3,(H,19,26). The number of carbonyl (C=O) groups excluding carboxylic acids is 2. The molecule has 2 aromatic heterocycles. The van der Waals surface area contributed by atoms with Gasteiger partial charge in [-0.15, -0.1) is 5.10 Å². The van der Waals surface area contributed by atoms with Gasteiger partial charge in [-0.2, -0.15) is 0 Å². The summed E-state index contributed by atoms with van der Waals surface area (Å²) < 4.78 is 3.78. The fraction of sp³-hybridized carbons (Fsp3) is 0.556. The van der Waals surface area contributed by atoms with Gasteiger partial charge >= 0.3 is 0 Å². The summed E-state index contributed by atoms with van der Waals surface area (Å²) in [5.41, 5.74) is 1.61. The first-order valence-electron chi connectivity index (χ1n) is 9.40. The molecule has 1 N–H and O–H groups in total. The molecule has 2 aliphatic rings. The Morgan fingerprint density at radius 3 is 2.81 bits per heavy atom. The number of aromatic nitrogens is 4. The van der Waals surface area contributed by atoms with Crippen LogP contribution in [0.15, 0.2) is 24.5 Å². The molecule has 0 bridgehead atoms. The van der Waals surface area contributed by atoms with E-state index in [0.717, 1.165) is 43.9 Å². The van der Waals surface area contributed by atoms with Crippen molar-refractivity contribution in [2.24, 2.45) is 7.05 Å². The molecule has 2 saturated heterocycles. The quantitative estimate of drug-likeness (QED) is 0.819. The SMILES string of the molecule is Cn1cccc1C(=O)N1CCC(n2cc(CN3CCNC(=O)C3)nn2)CC1. The van der Waals surface area contributed by atoms with Gasteiger partial charge in [-0.25, -0.2) is 4.68 Å². The van der Waals surface area contributed by atoms with Crippen molar-refractivity contribution < 1.29 is 9.59 Å². The molecular formula is C18H25N7O2. The third-order valence-electron chi connectivity index (χ3n) is 5.35. The highest BCUT2D eigenvalue weighted by molar-refractivity contribution is 5.92. The van der Waals surface area contributed by atoms with E-state index in [1.54, 1.807) is 0 Å². The summed E-state index contributed by atoms with van der Waals surface area (Å²) >= 11 is 0. The van der Waals surface area contributed by atoms with Crippen molar-refractivity contribution in [3.8, 4) is 0 Å². The fourth-order valence-electron chi connectivity index (χ4n) is 3.80. The maximum absolute atomic E-state index is 12.6. The van der Waals surface area contributed by atoms with E-state index in [0.29, 0.717) is 19.6 Å². The number of hydrogen-bond acceptors (Lipinski definition) is 5. The first kappa shape index (κ1) is 17.7. The number of carbonyl (C=O) groups is 2. The van der Waals surface area contributed by atoms with Crippen LogP contribution in [0.3, 0.4) is 0 Å². The zero-order valence-corrected chi connectivity index (χ0v) is 15.5. The van der Waals surface area contributed by atoms with Crippen LogP contribution < -0.4 is 5.32 Å². The van der Waals surface area contributed by atoms with Gasteiger partial charge in [-0.1, -0.05) is 5.21 Å². The third-order valence-corrected chi connectivity index (χ3v) is 5.35.